The maximum atomic E-state index is 12.3. The van der Waals surface area contributed by atoms with Gasteiger partial charge in [0.1, 0.15) is 12.3 Å². The Morgan fingerprint density at radius 3 is 2.63 bits per heavy atom. The summed E-state index contributed by atoms with van der Waals surface area (Å²) in [5, 5.41) is 6.51. The van der Waals surface area contributed by atoms with E-state index in [-0.39, 0.29) is 36.4 Å². The summed E-state index contributed by atoms with van der Waals surface area (Å²) in [5.74, 6) is 1.72. The van der Waals surface area contributed by atoms with Crippen LogP contribution >= 0.6 is 24.0 Å². The maximum absolute atomic E-state index is 12.3. The number of likely N-dealkylation sites (tertiary alicyclic amines) is 1. The van der Waals surface area contributed by atoms with Gasteiger partial charge in [-0.15, -0.1) is 24.0 Å². The van der Waals surface area contributed by atoms with Gasteiger partial charge in [0.2, 0.25) is 5.91 Å². The third kappa shape index (κ3) is 7.94. The number of hydrogen-bond donors (Lipinski definition) is 2. The highest BCUT2D eigenvalue weighted by Crippen LogP contribution is 2.19. The van der Waals surface area contributed by atoms with Crippen LogP contribution in [0.4, 0.5) is 0 Å². The van der Waals surface area contributed by atoms with E-state index in [1.54, 1.807) is 7.11 Å². The van der Waals surface area contributed by atoms with E-state index in [1.807, 2.05) is 18.7 Å². The van der Waals surface area contributed by atoms with Crippen LogP contribution in [0.25, 0.3) is 0 Å². The van der Waals surface area contributed by atoms with Crippen molar-refractivity contribution in [2.75, 3.05) is 39.8 Å². The molecule has 1 saturated heterocycles. The number of benzene rings is 1. The molecule has 2 N–H and O–H groups in total. The molecule has 1 heterocycles. The minimum absolute atomic E-state index is 0. The Kier molecular flexibility index (Phi) is 11.2. The van der Waals surface area contributed by atoms with Crippen molar-refractivity contribution in [1.82, 2.24) is 15.5 Å². The first kappa shape index (κ1) is 23.5. The Bertz CT molecular complexity index is 616. The van der Waals surface area contributed by atoms with Crippen molar-refractivity contribution in [3.63, 3.8) is 0 Å². The van der Waals surface area contributed by atoms with E-state index in [4.69, 9.17) is 4.74 Å². The quantitative estimate of drug-likeness (QED) is 0.352. The van der Waals surface area contributed by atoms with E-state index in [2.05, 4.69) is 33.8 Å². The molecule has 0 unspecified atom stereocenters. The molecule has 0 bridgehead atoms. The molecule has 7 heteroatoms. The van der Waals surface area contributed by atoms with Gasteiger partial charge in [-0.3, -0.25) is 4.79 Å². The summed E-state index contributed by atoms with van der Waals surface area (Å²) < 4.78 is 5.38. The molecule has 1 aromatic rings. The molecular formula is C20H33IN4O2. The lowest BCUT2D eigenvalue weighted by atomic mass is 10.1. The number of methoxy groups -OCH3 is 1. The standard InChI is InChI=1S/C20H32N4O2.HI/c1-4-21-20(23-15-19(25)24-12-6-5-7-13-24)22-11-10-17-9-8-16(2)18(14-17)26-3;/h8-9,14H,4-7,10-13,15H2,1-3H3,(H2,21,22,23);1H. The lowest BCUT2D eigenvalue weighted by Crippen LogP contribution is -2.41. The summed E-state index contributed by atoms with van der Waals surface area (Å²) in [6.45, 7) is 7.51. The molecule has 27 heavy (non-hydrogen) atoms. The molecule has 0 radical (unpaired) electrons. The number of ether oxygens (including phenoxy) is 1. The number of guanidine groups is 1. The summed E-state index contributed by atoms with van der Waals surface area (Å²) in [5.41, 5.74) is 2.34. The maximum Gasteiger partial charge on any atom is 0.244 e. The number of halogens is 1. The van der Waals surface area contributed by atoms with Crippen molar-refractivity contribution in [3.8, 4) is 5.75 Å². The number of piperidine rings is 1. The van der Waals surface area contributed by atoms with Gasteiger partial charge in [-0.25, -0.2) is 4.99 Å². The van der Waals surface area contributed by atoms with Crippen molar-refractivity contribution in [3.05, 3.63) is 29.3 Å². The zero-order valence-corrected chi connectivity index (χ0v) is 19.0. The van der Waals surface area contributed by atoms with Gasteiger partial charge in [0.15, 0.2) is 5.96 Å². The average Bonchev–Trinajstić information content (AvgIpc) is 2.67. The molecule has 0 saturated carbocycles. The SMILES string of the molecule is CCNC(=NCC(=O)N1CCCCC1)NCCc1ccc(C)c(OC)c1.I. The number of nitrogens with zero attached hydrogens (tertiary/aromatic N) is 2. The van der Waals surface area contributed by atoms with Gasteiger partial charge in [-0.05, 0) is 56.7 Å². The predicted octanol–water partition coefficient (Wildman–Crippen LogP) is 2.73. The summed E-state index contributed by atoms with van der Waals surface area (Å²) in [6, 6.07) is 6.26. The second kappa shape index (κ2) is 12.8. The lowest BCUT2D eigenvalue weighted by molar-refractivity contribution is -0.130. The fraction of sp³-hybridized carbons (Fsp3) is 0.600. The number of rotatable bonds is 7. The van der Waals surface area contributed by atoms with Crippen LogP contribution < -0.4 is 15.4 Å². The number of carbonyl (C=O) groups is 1. The summed E-state index contributed by atoms with van der Waals surface area (Å²) in [6.07, 6.45) is 4.30. The van der Waals surface area contributed by atoms with Gasteiger partial charge in [0.25, 0.3) is 0 Å². The summed E-state index contributed by atoms with van der Waals surface area (Å²) in [7, 11) is 1.69. The third-order valence-electron chi connectivity index (χ3n) is 4.60. The zero-order valence-electron chi connectivity index (χ0n) is 16.7. The molecule has 1 aliphatic heterocycles. The van der Waals surface area contributed by atoms with Gasteiger partial charge in [-0.1, -0.05) is 12.1 Å². The molecule has 152 valence electrons. The van der Waals surface area contributed by atoms with E-state index in [9.17, 15) is 4.79 Å². The first-order valence-corrected chi connectivity index (χ1v) is 9.57. The highest BCUT2D eigenvalue weighted by atomic mass is 127. The number of nitrogens with one attached hydrogen (secondary N) is 2. The van der Waals surface area contributed by atoms with Crippen LogP contribution in [0.1, 0.15) is 37.3 Å². The Labute approximate surface area is 180 Å². The Balaban J connectivity index is 0.00000364. The molecule has 0 aromatic heterocycles. The van der Waals surface area contributed by atoms with Crippen LogP contribution in [-0.4, -0.2) is 56.6 Å². The van der Waals surface area contributed by atoms with Crippen molar-refractivity contribution >= 4 is 35.8 Å². The molecule has 2 rings (SSSR count). The van der Waals surface area contributed by atoms with E-state index in [0.29, 0.717) is 5.96 Å². The first-order chi connectivity index (χ1) is 12.6. The molecule has 1 amide bonds. The van der Waals surface area contributed by atoms with Gasteiger partial charge in [0.05, 0.1) is 7.11 Å². The molecule has 0 atom stereocenters. The monoisotopic (exact) mass is 488 g/mol. The van der Waals surface area contributed by atoms with Crippen LogP contribution in [0.2, 0.25) is 0 Å². The van der Waals surface area contributed by atoms with E-state index < -0.39 is 0 Å². The van der Waals surface area contributed by atoms with Crippen molar-refractivity contribution in [1.29, 1.82) is 0 Å². The molecule has 1 fully saturated rings. The van der Waals surface area contributed by atoms with Crippen LogP contribution in [0.15, 0.2) is 23.2 Å². The van der Waals surface area contributed by atoms with Crippen molar-refractivity contribution in [2.24, 2.45) is 4.99 Å². The summed E-state index contributed by atoms with van der Waals surface area (Å²) in [4.78, 5) is 18.6. The Morgan fingerprint density at radius 1 is 1.22 bits per heavy atom. The molecule has 6 nitrogen and oxygen atoms in total. The molecule has 0 spiro atoms. The van der Waals surface area contributed by atoms with Gasteiger partial charge < -0.3 is 20.3 Å². The Hall–Kier alpha value is -1.51. The van der Waals surface area contributed by atoms with E-state index in [1.165, 1.54) is 12.0 Å². The van der Waals surface area contributed by atoms with Crippen molar-refractivity contribution < 1.29 is 9.53 Å². The van der Waals surface area contributed by atoms with Gasteiger partial charge >= 0.3 is 0 Å². The highest BCUT2D eigenvalue weighted by Gasteiger charge is 2.15. The van der Waals surface area contributed by atoms with Crippen LogP contribution in [0.5, 0.6) is 5.75 Å². The highest BCUT2D eigenvalue weighted by molar-refractivity contribution is 14.0. The smallest absolute Gasteiger partial charge is 0.244 e. The second-order valence-electron chi connectivity index (χ2n) is 6.62. The number of aliphatic imine (C=N–C) groups is 1. The minimum atomic E-state index is 0. The van der Waals surface area contributed by atoms with Crippen LogP contribution in [-0.2, 0) is 11.2 Å². The second-order valence-corrected chi connectivity index (χ2v) is 6.62. The number of carbonyl (C=O) groups excluding carboxylic acids is 1. The van der Waals surface area contributed by atoms with Gasteiger partial charge in [-0.2, -0.15) is 0 Å². The molecular weight excluding hydrogens is 455 g/mol. The topological polar surface area (TPSA) is 66.0 Å². The fourth-order valence-electron chi connectivity index (χ4n) is 3.08. The lowest BCUT2D eigenvalue weighted by Gasteiger charge is -2.26. The van der Waals surface area contributed by atoms with Gasteiger partial charge in [0, 0.05) is 26.2 Å². The number of amides is 1. The molecule has 1 aliphatic rings. The fourth-order valence-corrected chi connectivity index (χ4v) is 3.08. The largest absolute Gasteiger partial charge is 0.496 e. The van der Waals surface area contributed by atoms with Crippen molar-refractivity contribution in [2.45, 2.75) is 39.5 Å². The zero-order chi connectivity index (χ0) is 18.8. The molecule has 0 aliphatic carbocycles. The summed E-state index contributed by atoms with van der Waals surface area (Å²) >= 11 is 0. The van der Waals surface area contributed by atoms with E-state index in [0.717, 1.165) is 56.8 Å². The van der Waals surface area contributed by atoms with Crippen LogP contribution in [0, 0.1) is 6.92 Å². The minimum Gasteiger partial charge on any atom is -0.496 e. The third-order valence-corrected chi connectivity index (χ3v) is 4.60. The first-order valence-electron chi connectivity index (χ1n) is 9.57. The molecule has 1 aromatic carbocycles. The predicted molar refractivity (Wildman–Crippen MR) is 121 cm³/mol. The normalized spacial score (nSPS) is 14.3. The number of hydrogen-bond acceptors (Lipinski definition) is 3. The average molecular weight is 488 g/mol. The van der Waals surface area contributed by atoms with Crippen LogP contribution in [0.3, 0.4) is 0 Å². The van der Waals surface area contributed by atoms with E-state index >= 15 is 0 Å². The Morgan fingerprint density at radius 2 is 1.96 bits per heavy atom. The number of aryl methyl sites for hydroxylation is 1.